The lowest BCUT2D eigenvalue weighted by molar-refractivity contribution is 0.520. The van der Waals surface area contributed by atoms with Gasteiger partial charge >= 0.3 is 0 Å². The molecular formula is C15H18N4S. The van der Waals surface area contributed by atoms with Gasteiger partial charge in [0.05, 0.1) is 0 Å². The molecule has 20 heavy (non-hydrogen) atoms. The molecule has 0 bridgehead atoms. The number of hydrogen-bond donors (Lipinski definition) is 2. The molecule has 0 fully saturated rings. The Kier molecular flexibility index (Phi) is 4.26. The zero-order valence-corrected chi connectivity index (χ0v) is 12.5. The van der Waals surface area contributed by atoms with Gasteiger partial charge in [0.25, 0.3) is 0 Å². The molecule has 0 unspecified atom stereocenters. The van der Waals surface area contributed by atoms with Gasteiger partial charge in [-0.25, -0.2) is 0 Å². The van der Waals surface area contributed by atoms with E-state index in [4.69, 9.17) is 11.0 Å². The second-order valence-corrected chi connectivity index (χ2v) is 6.15. The minimum absolute atomic E-state index is 0.125. The number of aromatic nitrogens is 1. The molecule has 4 nitrogen and oxygen atoms in total. The van der Waals surface area contributed by atoms with Crippen LogP contribution >= 0.6 is 11.5 Å². The third-order valence-electron chi connectivity index (χ3n) is 3.16. The van der Waals surface area contributed by atoms with Crippen molar-refractivity contribution in [2.24, 2.45) is 0 Å². The van der Waals surface area contributed by atoms with Crippen LogP contribution in [0.3, 0.4) is 0 Å². The molecule has 1 heterocycles. The minimum atomic E-state index is -0.125. The van der Waals surface area contributed by atoms with Crippen LogP contribution in [0.2, 0.25) is 0 Å². The van der Waals surface area contributed by atoms with Crippen LogP contribution < -0.4 is 11.1 Å². The van der Waals surface area contributed by atoms with Gasteiger partial charge in [0.1, 0.15) is 16.6 Å². The maximum absolute atomic E-state index is 9.09. The molecule has 2 aromatic rings. The predicted octanol–water partition coefficient (Wildman–Crippen LogP) is 3.42. The third kappa shape index (κ3) is 3.49. The molecule has 1 aromatic heterocycles. The molecule has 104 valence electrons. The number of nitrogens with two attached hydrogens (primary N) is 1. The lowest BCUT2D eigenvalue weighted by Gasteiger charge is -2.26. The summed E-state index contributed by atoms with van der Waals surface area (Å²) in [7, 11) is 0. The summed E-state index contributed by atoms with van der Waals surface area (Å²) in [4.78, 5) is 0. The molecule has 0 saturated carbocycles. The topological polar surface area (TPSA) is 74.7 Å². The van der Waals surface area contributed by atoms with E-state index in [0.717, 1.165) is 17.8 Å². The molecule has 0 saturated heterocycles. The van der Waals surface area contributed by atoms with Gasteiger partial charge in [-0.1, -0.05) is 30.3 Å². The molecule has 0 spiro atoms. The second kappa shape index (κ2) is 5.93. The van der Waals surface area contributed by atoms with Crippen LogP contribution in [0.4, 0.5) is 10.8 Å². The van der Waals surface area contributed by atoms with E-state index in [2.05, 4.69) is 41.7 Å². The van der Waals surface area contributed by atoms with E-state index in [1.165, 1.54) is 17.1 Å². The highest BCUT2D eigenvalue weighted by Gasteiger charge is 2.21. The van der Waals surface area contributed by atoms with Crippen molar-refractivity contribution in [2.75, 3.05) is 11.1 Å². The Labute approximate surface area is 123 Å². The maximum Gasteiger partial charge on any atom is 0.157 e. The minimum Gasteiger partial charge on any atom is -0.382 e. The first-order chi connectivity index (χ1) is 9.52. The molecule has 0 aliphatic carbocycles. The number of nitrogens with zero attached hydrogens (tertiary/aromatic N) is 2. The summed E-state index contributed by atoms with van der Waals surface area (Å²) in [6.45, 7) is 4.24. The maximum atomic E-state index is 9.09. The third-order valence-corrected chi connectivity index (χ3v) is 3.94. The Morgan fingerprint density at radius 1 is 1.35 bits per heavy atom. The van der Waals surface area contributed by atoms with Gasteiger partial charge in [-0.2, -0.15) is 9.64 Å². The van der Waals surface area contributed by atoms with E-state index in [1.54, 1.807) is 0 Å². The van der Waals surface area contributed by atoms with E-state index in [1.807, 2.05) is 18.2 Å². The monoisotopic (exact) mass is 286 g/mol. The van der Waals surface area contributed by atoms with Crippen LogP contribution in [0.5, 0.6) is 0 Å². The molecule has 0 amide bonds. The summed E-state index contributed by atoms with van der Waals surface area (Å²) in [5.74, 6) is 0.304. The number of nitriles is 1. The molecule has 5 heteroatoms. The Balaban J connectivity index is 2.02. The van der Waals surface area contributed by atoms with Crippen molar-refractivity contribution in [1.29, 1.82) is 5.26 Å². The van der Waals surface area contributed by atoms with Crippen LogP contribution in [0.25, 0.3) is 0 Å². The fourth-order valence-corrected chi connectivity index (χ4v) is 2.81. The Bertz CT molecular complexity index is 611. The molecule has 0 aliphatic rings. The summed E-state index contributed by atoms with van der Waals surface area (Å²) >= 11 is 1.24. The molecule has 0 radical (unpaired) electrons. The van der Waals surface area contributed by atoms with Gasteiger partial charge < -0.3 is 11.1 Å². The zero-order chi connectivity index (χ0) is 14.6. The van der Waals surface area contributed by atoms with Gasteiger partial charge in [-0.05, 0) is 43.8 Å². The van der Waals surface area contributed by atoms with Crippen LogP contribution in [0.15, 0.2) is 30.3 Å². The normalized spacial score (nSPS) is 11.1. The summed E-state index contributed by atoms with van der Waals surface area (Å²) in [5, 5.41) is 13.2. The van der Waals surface area contributed by atoms with E-state index >= 15 is 0 Å². The highest BCUT2D eigenvalue weighted by atomic mass is 32.1. The predicted molar refractivity (Wildman–Crippen MR) is 83.7 cm³/mol. The lowest BCUT2D eigenvalue weighted by atomic mass is 9.95. The van der Waals surface area contributed by atoms with Crippen molar-refractivity contribution >= 4 is 22.4 Å². The summed E-state index contributed by atoms with van der Waals surface area (Å²) < 4.78 is 4.02. The van der Waals surface area contributed by atoms with Crippen LogP contribution in [0.1, 0.15) is 31.4 Å². The number of rotatable bonds is 5. The van der Waals surface area contributed by atoms with E-state index in [-0.39, 0.29) is 5.54 Å². The van der Waals surface area contributed by atoms with Crippen molar-refractivity contribution in [3.63, 3.8) is 0 Å². The number of benzene rings is 1. The Morgan fingerprint density at radius 2 is 2.05 bits per heavy atom. The summed E-state index contributed by atoms with van der Waals surface area (Å²) in [6, 6.07) is 12.5. The van der Waals surface area contributed by atoms with Crippen molar-refractivity contribution < 1.29 is 0 Å². The first-order valence-corrected chi connectivity index (χ1v) is 7.26. The van der Waals surface area contributed by atoms with Crippen molar-refractivity contribution in [3.05, 3.63) is 41.5 Å². The summed E-state index contributed by atoms with van der Waals surface area (Å²) in [5.41, 5.74) is 7.31. The number of hydrogen-bond acceptors (Lipinski definition) is 5. The fraction of sp³-hybridized carbons (Fsp3) is 0.333. The Hall–Kier alpha value is -2.06. The summed E-state index contributed by atoms with van der Waals surface area (Å²) in [6.07, 6.45) is 1.94. The van der Waals surface area contributed by atoms with Crippen LogP contribution in [0, 0.1) is 11.3 Å². The van der Waals surface area contributed by atoms with Crippen molar-refractivity contribution in [3.8, 4) is 6.07 Å². The highest BCUT2D eigenvalue weighted by molar-refractivity contribution is 7.10. The van der Waals surface area contributed by atoms with Gasteiger partial charge in [-0.3, -0.25) is 0 Å². The molecule has 1 aromatic carbocycles. The quantitative estimate of drug-likeness (QED) is 0.883. The van der Waals surface area contributed by atoms with Gasteiger partial charge in [-0.15, -0.1) is 0 Å². The standard InChI is InChI=1S/C15H18N4S/c1-15(2,9-8-11-6-4-3-5-7-11)18-14-12(10-16)13(17)19-20-14/h3-7,18H,8-9H2,1-2H3,(H2,17,19). The van der Waals surface area contributed by atoms with Crippen LogP contribution in [-0.2, 0) is 6.42 Å². The Morgan fingerprint density at radius 3 is 2.70 bits per heavy atom. The highest BCUT2D eigenvalue weighted by Crippen LogP contribution is 2.29. The smallest absolute Gasteiger partial charge is 0.157 e. The van der Waals surface area contributed by atoms with E-state index in [0.29, 0.717) is 11.4 Å². The average molecular weight is 286 g/mol. The molecule has 0 atom stereocenters. The zero-order valence-electron chi connectivity index (χ0n) is 11.7. The van der Waals surface area contributed by atoms with Crippen molar-refractivity contribution in [1.82, 2.24) is 4.37 Å². The number of anilines is 2. The van der Waals surface area contributed by atoms with E-state index in [9.17, 15) is 0 Å². The number of nitrogen functional groups attached to an aromatic ring is 1. The van der Waals surface area contributed by atoms with Gasteiger partial charge in [0.2, 0.25) is 0 Å². The first-order valence-electron chi connectivity index (χ1n) is 6.49. The van der Waals surface area contributed by atoms with Gasteiger partial charge in [0, 0.05) is 5.54 Å². The van der Waals surface area contributed by atoms with Crippen LogP contribution in [-0.4, -0.2) is 9.91 Å². The van der Waals surface area contributed by atoms with Crippen molar-refractivity contribution in [2.45, 2.75) is 32.2 Å². The second-order valence-electron chi connectivity index (χ2n) is 5.38. The average Bonchev–Trinajstić information content (AvgIpc) is 2.77. The largest absolute Gasteiger partial charge is 0.382 e. The number of nitrogens with one attached hydrogen (secondary N) is 1. The SMILES string of the molecule is CC(C)(CCc1ccccc1)Nc1snc(N)c1C#N. The fourth-order valence-electron chi connectivity index (χ4n) is 1.97. The molecular weight excluding hydrogens is 268 g/mol. The lowest BCUT2D eigenvalue weighted by Crippen LogP contribution is -2.31. The molecule has 2 rings (SSSR count). The first kappa shape index (κ1) is 14.4. The van der Waals surface area contributed by atoms with Gasteiger partial charge in [0.15, 0.2) is 5.82 Å². The number of aryl methyl sites for hydroxylation is 1. The molecule has 3 N–H and O–H groups in total. The van der Waals surface area contributed by atoms with E-state index < -0.39 is 0 Å². The molecule has 0 aliphatic heterocycles.